The van der Waals surface area contributed by atoms with Gasteiger partial charge in [0.25, 0.3) is 0 Å². The molecular formula is C12H16O3. The number of ether oxygens (including phenoxy) is 1. The minimum atomic E-state index is -0.921. The second kappa shape index (κ2) is 4.82. The Hall–Kier alpha value is -1.51. The molecule has 0 bridgehead atoms. The van der Waals surface area contributed by atoms with Gasteiger partial charge >= 0.3 is 5.97 Å². The third-order valence-electron chi connectivity index (χ3n) is 2.40. The molecule has 0 saturated carbocycles. The number of hydrogen-bond donors (Lipinski definition) is 1. The first kappa shape index (κ1) is 11.6. The normalized spacial score (nSPS) is 12.2. The van der Waals surface area contributed by atoms with Crippen molar-refractivity contribution in [2.45, 2.75) is 33.3 Å². The largest absolute Gasteiger partial charge is 0.479 e. The summed E-state index contributed by atoms with van der Waals surface area (Å²) in [5, 5.41) is 8.83. The molecule has 3 nitrogen and oxygen atoms in total. The third kappa shape index (κ3) is 2.98. The number of aliphatic carboxylic acids is 1. The highest BCUT2D eigenvalue weighted by molar-refractivity contribution is 5.72. The summed E-state index contributed by atoms with van der Waals surface area (Å²) in [5.41, 5.74) is 2.28. The zero-order valence-corrected chi connectivity index (χ0v) is 9.28. The average molecular weight is 208 g/mol. The number of carboxylic acids is 1. The Morgan fingerprint density at radius 1 is 1.40 bits per heavy atom. The molecule has 0 aliphatic heterocycles. The van der Waals surface area contributed by atoms with Crippen LogP contribution in [0.3, 0.4) is 0 Å². The van der Waals surface area contributed by atoms with Gasteiger partial charge in [0.2, 0.25) is 0 Å². The standard InChI is InChI=1S/C12H16O3/c1-4-11(12(13)14)15-10-6-5-8(2)9(3)7-10/h5-7,11H,4H2,1-3H3,(H,13,14)/t11-/m0/s1. The molecule has 0 saturated heterocycles. The van der Waals surface area contributed by atoms with Crippen molar-refractivity contribution in [3.63, 3.8) is 0 Å². The van der Waals surface area contributed by atoms with Crippen molar-refractivity contribution >= 4 is 5.97 Å². The summed E-state index contributed by atoms with van der Waals surface area (Å²) in [6, 6.07) is 5.59. The van der Waals surface area contributed by atoms with E-state index in [4.69, 9.17) is 9.84 Å². The van der Waals surface area contributed by atoms with Gasteiger partial charge in [-0.25, -0.2) is 4.79 Å². The van der Waals surface area contributed by atoms with Crippen LogP contribution in [-0.2, 0) is 4.79 Å². The Balaban J connectivity index is 2.80. The van der Waals surface area contributed by atoms with Crippen LogP contribution in [0.15, 0.2) is 18.2 Å². The van der Waals surface area contributed by atoms with Gasteiger partial charge in [-0.3, -0.25) is 0 Å². The molecule has 1 aromatic rings. The summed E-state index contributed by atoms with van der Waals surface area (Å²) in [7, 11) is 0. The van der Waals surface area contributed by atoms with Crippen molar-refractivity contribution in [3.05, 3.63) is 29.3 Å². The zero-order chi connectivity index (χ0) is 11.4. The molecule has 1 rings (SSSR count). The molecule has 0 radical (unpaired) electrons. The SMILES string of the molecule is CC[C@H](Oc1ccc(C)c(C)c1)C(=O)O. The summed E-state index contributed by atoms with van der Waals surface area (Å²) in [5.74, 6) is -0.303. The fourth-order valence-corrected chi connectivity index (χ4v) is 1.26. The lowest BCUT2D eigenvalue weighted by Crippen LogP contribution is -2.25. The molecule has 0 spiro atoms. The van der Waals surface area contributed by atoms with Crippen LogP contribution in [0.2, 0.25) is 0 Å². The van der Waals surface area contributed by atoms with Crippen LogP contribution in [0, 0.1) is 13.8 Å². The van der Waals surface area contributed by atoms with Crippen molar-refractivity contribution < 1.29 is 14.6 Å². The van der Waals surface area contributed by atoms with Crippen LogP contribution in [0.1, 0.15) is 24.5 Å². The fourth-order valence-electron chi connectivity index (χ4n) is 1.26. The van der Waals surface area contributed by atoms with E-state index in [-0.39, 0.29) is 0 Å². The van der Waals surface area contributed by atoms with E-state index in [0.29, 0.717) is 12.2 Å². The van der Waals surface area contributed by atoms with Crippen LogP contribution < -0.4 is 4.74 Å². The van der Waals surface area contributed by atoms with E-state index in [9.17, 15) is 4.79 Å². The second-order valence-electron chi connectivity index (χ2n) is 3.60. The van der Waals surface area contributed by atoms with Crippen molar-refractivity contribution in [1.29, 1.82) is 0 Å². The third-order valence-corrected chi connectivity index (χ3v) is 2.40. The molecule has 1 N–H and O–H groups in total. The van der Waals surface area contributed by atoms with Gasteiger partial charge in [0.05, 0.1) is 0 Å². The Morgan fingerprint density at radius 3 is 2.53 bits per heavy atom. The molecule has 82 valence electrons. The lowest BCUT2D eigenvalue weighted by atomic mass is 10.1. The highest BCUT2D eigenvalue weighted by Crippen LogP contribution is 2.18. The molecule has 0 unspecified atom stereocenters. The predicted molar refractivity (Wildman–Crippen MR) is 58.3 cm³/mol. The lowest BCUT2D eigenvalue weighted by Gasteiger charge is -2.13. The van der Waals surface area contributed by atoms with Crippen molar-refractivity contribution in [2.24, 2.45) is 0 Å². The summed E-state index contributed by atoms with van der Waals surface area (Å²) >= 11 is 0. The molecule has 15 heavy (non-hydrogen) atoms. The van der Waals surface area contributed by atoms with Gasteiger partial charge in [0, 0.05) is 0 Å². The summed E-state index contributed by atoms with van der Waals surface area (Å²) in [4.78, 5) is 10.8. The zero-order valence-electron chi connectivity index (χ0n) is 9.28. The maximum Gasteiger partial charge on any atom is 0.344 e. The molecule has 0 heterocycles. The van der Waals surface area contributed by atoms with E-state index in [1.807, 2.05) is 26.0 Å². The number of rotatable bonds is 4. The topological polar surface area (TPSA) is 46.5 Å². The van der Waals surface area contributed by atoms with Crippen LogP contribution in [-0.4, -0.2) is 17.2 Å². The average Bonchev–Trinajstić information content (AvgIpc) is 2.19. The molecule has 0 aliphatic carbocycles. The van der Waals surface area contributed by atoms with E-state index in [1.54, 1.807) is 13.0 Å². The molecule has 1 aromatic carbocycles. The quantitative estimate of drug-likeness (QED) is 0.827. The number of aryl methyl sites for hydroxylation is 2. The van der Waals surface area contributed by atoms with E-state index < -0.39 is 12.1 Å². The van der Waals surface area contributed by atoms with Gasteiger partial charge in [0.15, 0.2) is 6.10 Å². The van der Waals surface area contributed by atoms with E-state index in [1.165, 1.54) is 5.56 Å². The summed E-state index contributed by atoms with van der Waals surface area (Å²) in [6.45, 7) is 5.78. The number of hydrogen-bond acceptors (Lipinski definition) is 2. The van der Waals surface area contributed by atoms with Crippen LogP contribution in [0.4, 0.5) is 0 Å². The predicted octanol–water partition coefficient (Wildman–Crippen LogP) is 2.55. The molecule has 0 aromatic heterocycles. The van der Waals surface area contributed by atoms with Gasteiger partial charge in [-0.1, -0.05) is 13.0 Å². The van der Waals surface area contributed by atoms with Crippen molar-refractivity contribution in [2.75, 3.05) is 0 Å². The Bertz CT molecular complexity index is 358. The monoisotopic (exact) mass is 208 g/mol. The Labute approximate surface area is 89.7 Å². The molecule has 0 aliphatic rings. The first-order valence-electron chi connectivity index (χ1n) is 5.01. The number of carbonyl (C=O) groups is 1. The fraction of sp³-hybridized carbons (Fsp3) is 0.417. The van der Waals surface area contributed by atoms with Gasteiger partial charge in [-0.15, -0.1) is 0 Å². The molecule has 1 atom stereocenters. The van der Waals surface area contributed by atoms with E-state index in [2.05, 4.69) is 0 Å². The van der Waals surface area contributed by atoms with Crippen LogP contribution in [0.5, 0.6) is 5.75 Å². The van der Waals surface area contributed by atoms with Crippen LogP contribution >= 0.6 is 0 Å². The summed E-state index contributed by atoms with van der Waals surface area (Å²) in [6.07, 6.45) is -0.297. The molecular weight excluding hydrogens is 192 g/mol. The van der Waals surface area contributed by atoms with E-state index in [0.717, 1.165) is 5.56 Å². The first-order valence-corrected chi connectivity index (χ1v) is 5.01. The minimum Gasteiger partial charge on any atom is -0.479 e. The highest BCUT2D eigenvalue weighted by Gasteiger charge is 2.16. The first-order chi connectivity index (χ1) is 7.04. The van der Waals surface area contributed by atoms with E-state index >= 15 is 0 Å². The second-order valence-corrected chi connectivity index (χ2v) is 3.60. The summed E-state index contributed by atoms with van der Waals surface area (Å²) < 4.78 is 5.36. The van der Waals surface area contributed by atoms with Gasteiger partial charge < -0.3 is 9.84 Å². The van der Waals surface area contributed by atoms with Crippen LogP contribution in [0.25, 0.3) is 0 Å². The number of benzene rings is 1. The smallest absolute Gasteiger partial charge is 0.344 e. The molecule has 0 amide bonds. The van der Waals surface area contributed by atoms with Crippen molar-refractivity contribution in [3.8, 4) is 5.75 Å². The maximum absolute atomic E-state index is 10.8. The van der Waals surface area contributed by atoms with Gasteiger partial charge in [-0.05, 0) is 43.5 Å². The minimum absolute atomic E-state index is 0.461. The van der Waals surface area contributed by atoms with Crippen molar-refractivity contribution in [1.82, 2.24) is 0 Å². The lowest BCUT2D eigenvalue weighted by molar-refractivity contribution is -0.145. The molecule has 3 heteroatoms. The molecule has 0 fully saturated rings. The van der Waals surface area contributed by atoms with Gasteiger partial charge in [0.1, 0.15) is 5.75 Å². The number of carboxylic acid groups (broad SMARTS) is 1. The van der Waals surface area contributed by atoms with Gasteiger partial charge in [-0.2, -0.15) is 0 Å². The Morgan fingerprint density at radius 2 is 2.07 bits per heavy atom. The highest BCUT2D eigenvalue weighted by atomic mass is 16.5. The Kier molecular flexibility index (Phi) is 3.72. The maximum atomic E-state index is 10.8.